The summed E-state index contributed by atoms with van der Waals surface area (Å²) in [5.74, 6) is -0.743. The molecule has 3 aromatic rings. The molecule has 0 fully saturated rings. The van der Waals surface area contributed by atoms with Crippen LogP contribution in [-0.4, -0.2) is 26.6 Å². The molecule has 0 aliphatic heterocycles. The van der Waals surface area contributed by atoms with E-state index < -0.39 is 23.7 Å². The number of benzene rings is 2. The topological polar surface area (TPSA) is 88.9 Å². The average Bonchev–Trinajstić information content (AvgIpc) is 3.23. The largest absolute Gasteiger partial charge is 0.416 e. The Balaban J connectivity index is 1.56. The molecule has 1 atom stereocenters. The van der Waals surface area contributed by atoms with Gasteiger partial charge in [0.05, 0.1) is 12.0 Å². The number of nitrogens with one attached hydrogen (secondary N) is 2. The molecule has 2 aromatic carbocycles. The fourth-order valence-electron chi connectivity index (χ4n) is 2.67. The molecule has 0 aliphatic rings. The van der Waals surface area contributed by atoms with Crippen molar-refractivity contribution in [3.8, 4) is 0 Å². The molecule has 2 amide bonds. The van der Waals surface area contributed by atoms with Crippen LogP contribution in [0.2, 0.25) is 0 Å². The maximum atomic E-state index is 12.8. The molecule has 30 heavy (non-hydrogen) atoms. The van der Waals surface area contributed by atoms with E-state index in [4.69, 9.17) is 0 Å². The molecule has 7 nitrogen and oxygen atoms in total. The molecular formula is C20H18F3N5O2. The number of alkyl halides is 3. The normalized spacial score (nSPS) is 12.3. The van der Waals surface area contributed by atoms with Crippen molar-refractivity contribution < 1.29 is 22.8 Å². The smallest absolute Gasteiger partial charge is 0.326 e. The van der Waals surface area contributed by atoms with Crippen molar-refractivity contribution in [2.45, 2.75) is 25.6 Å². The number of amides is 2. The number of carbonyl (C=O) groups is 2. The van der Waals surface area contributed by atoms with Gasteiger partial charge < -0.3 is 10.6 Å². The highest BCUT2D eigenvalue weighted by Gasteiger charge is 2.30. The number of anilines is 2. The van der Waals surface area contributed by atoms with Crippen LogP contribution in [0.25, 0.3) is 0 Å². The quantitative estimate of drug-likeness (QED) is 0.640. The van der Waals surface area contributed by atoms with E-state index in [2.05, 4.69) is 20.7 Å². The van der Waals surface area contributed by atoms with Crippen molar-refractivity contribution >= 4 is 23.2 Å². The van der Waals surface area contributed by atoms with Gasteiger partial charge >= 0.3 is 6.18 Å². The lowest BCUT2D eigenvalue weighted by molar-refractivity contribution is -0.137. The van der Waals surface area contributed by atoms with Gasteiger partial charge in [0.15, 0.2) is 0 Å². The van der Waals surface area contributed by atoms with Crippen LogP contribution in [0.3, 0.4) is 0 Å². The van der Waals surface area contributed by atoms with E-state index >= 15 is 0 Å². The van der Waals surface area contributed by atoms with E-state index in [1.54, 1.807) is 31.2 Å². The summed E-state index contributed by atoms with van der Waals surface area (Å²) in [6.45, 7) is 1.67. The van der Waals surface area contributed by atoms with Gasteiger partial charge in [0.1, 0.15) is 18.7 Å². The first-order chi connectivity index (χ1) is 14.2. The standard InChI is InChI=1S/C20H18F3N5O2/c1-13(28-12-24-11-25-28)19(30)27-17-7-5-16(6-8-17)26-18(29)10-14-3-2-4-15(9-14)20(21,22)23/h2-9,11-13H,10H2,1H3,(H,26,29)(H,27,30). The summed E-state index contributed by atoms with van der Waals surface area (Å²) in [5, 5.41) is 9.26. The zero-order valence-corrected chi connectivity index (χ0v) is 15.8. The molecule has 2 N–H and O–H groups in total. The van der Waals surface area contributed by atoms with Crippen LogP contribution in [0.4, 0.5) is 24.5 Å². The van der Waals surface area contributed by atoms with Crippen LogP contribution in [0.5, 0.6) is 0 Å². The summed E-state index contributed by atoms with van der Waals surface area (Å²) in [6, 6.07) is 10.5. The van der Waals surface area contributed by atoms with E-state index in [1.807, 2.05) is 0 Å². The minimum atomic E-state index is -4.46. The Bertz CT molecular complexity index is 1020. The third-order valence-corrected chi connectivity index (χ3v) is 4.27. The maximum absolute atomic E-state index is 12.8. The van der Waals surface area contributed by atoms with E-state index in [9.17, 15) is 22.8 Å². The number of nitrogens with zero attached hydrogens (tertiary/aromatic N) is 3. The molecule has 0 saturated carbocycles. The predicted molar refractivity (Wildman–Crippen MR) is 104 cm³/mol. The van der Waals surface area contributed by atoms with Crippen molar-refractivity contribution in [2.75, 3.05) is 10.6 Å². The summed E-state index contributed by atoms with van der Waals surface area (Å²) < 4.78 is 39.7. The average molecular weight is 417 g/mol. The van der Waals surface area contributed by atoms with Crippen molar-refractivity contribution in [3.63, 3.8) is 0 Å². The van der Waals surface area contributed by atoms with Crippen molar-refractivity contribution in [2.24, 2.45) is 0 Å². The number of carbonyl (C=O) groups excluding carboxylic acids is 2. The highest BCUT2D eigenvalue weighted by atomic mass is 19.4. The monoisotopic (exact) mass is 417 g/mol. The van der Waals surface area contributed by atoms with Gasteiger partial charge in [0.25, 0.3) is 0 Å². The third kappa shape index (κ3) is 5.43. The number of hydrogen-bond donors (Lipinski definition) is 2. The van der Waals surface area contributed by atoms with E-state index in [1.165, 1.54) is 29.5 Å². The van der Waals surface area contributed by atoms with Crippen LogP contribution in [0.1, 0.15) is 24.1 Å². The summed E-state index contributed by atoms with van der Waals surface area (Å²) in [5.41, 5.74) is 0.429. The fraction of sp³-hybridized carbons (Fsp3) is 0.200. The minimum absolute atomic E-state index is 0.197. The van der Waals surface area contributed by atoms with Gasteiger partial charge in [-0.1, -0.05) is 18.2 Å². The van der Waals surface area contributed by atoms with Gasteiger partial charge in [-0.2, -0.15) is 18.3 Å². The predicted octanol–water partition coefficient (Wildman–Crippen LogP) is 3.68. The first-order valence-electron chi connectivity index (χ1n) is 8.93. The van der Waals surface area contributed by atoms with Crippen LogP contribution >= 0.6 is 0 Å². The third-order valence-electron chi connectivity index (χ3n) is 4.27. The molecule has 1 heterocycles. The number of rotatable bonds is 6. The summed E-state index contributed by atoms with van der Waals surface area (Å²) in [6.07, 6.45) is -1.89. The van der Waals surface area contributed by atoms with Crippen LogP contribution < -0.4 is 10.6 Å². The Hall–Kier alpha value is -3.69. The first kappa shape index (κ1) is 21.0. The Kier molecular flexibility index (Phi) is 6.14. The Labute approximate surface area is 169 Å². The minimum Gasteiger partial charge on any atom is -0.326 e. The molecule has 0 spiro atoms. The van der Waals surface area contributed by atoms with Gasteiger partial charge in [-0.05, 0) is 42.8 Å². The highest BCUT2D eigenvalue weighted by molar-refractivity contribution is 5.95. The van der Waals surface area contributed by atoms with Gasteiger partial charge in [0, 0.05) is 11.4 Å². The molecule has 1 aromatic heterocycles. The Morgan fingerprint density at radius 3 is 2.33 bits per heavy atom. The lowest BCUT2D eigenvalue weighted by Crippen LogP contribution is -2.24. The molecule has 0 saturated heterocycles. The SMILES string of the molecule is CC(C(=O)Nc1ccc(NC(=O)Cc2cccc(C(F)(F)F)c2)cc1)n1cncn1. The zero-order valence-electron chi connectivity index (χ0n) is 15.8. The molecular weight excluding hydrogens is 399 g/mol. The molecule has 10 heteroatoms. The lowest BCUT2D eigenvalue weighted by Gasteiger charge is -2.13. The van der Waals surface area contributed by atoms with Crippen LogP contribution in [0.15, 0.2) is 61.2 Å². The number of hydrogen-bond acceptors (Lipinski definition) is 4. The Morgan fingerprint density at radius 2 is 1.73 bits per heavy atom. The summed E-state index contributed by atoms with van der Waals surface area (Å²) in [4.78, 5) is 28.2. The first-order valence-corrected chi connectivity index (χ1v) is 8.93. The van der Waals surface area contributed by atoms with Crippen molar-refractivity contribution in [3.05, 3.63) is 72.3 Å². The lowest BCUT2D eigenvalue weighted by atomic mass is 10.1. The van der Waals surface area contributed by atoms with Gasteiger partial charge in [-0.25, -0.2) is 9.67 Å². The molecule has 0 bridgehead atoms. The molecule has 1 unspecified atom stereocenters. The maximum Gasteiger partial charge on any atom is 0.416 e. The summed E-state index contributed by atoms with van der Waals surface area (Å²) >= 11 is 0. The van der Waals surface area contributed by atoms with Crippen molar-refractivity contribution in [1.29, 1.82) is 0 Å². The van der Waals surface area contributed by atoms with Crippen LogP contribution in [-0.2, 0) is 22.2 Å². The fourth-order valence-corrected chi connectivity index (χ4v) is 2.67. The second kappa shape index (κ2) is 8.76. The van der Waals surface area contributed by atoms with Gasteiger partial charge in [-0.3, -0.25) is 9.59 Å². The second-order valence-electron chi connectivity index (χ2n) is 6.54. The van der Waals surface area contributed by atoms with E-state index in [0.717, 1.165) is 12.1 Å². The number of halogens is 3. The summed E-state index contributed by atoms with van der Waals surface area (Å²) in [7, 11) is 0. The molecule has 156 valence electrons. The van der Waals surface area contributed by atoms with E-state index in [-0.39, 0.29) is 17.9 Å². The molecule has 0 radical (unpaired) electrons. The second-order valence-corrected chi connectivity index (χ2v) is 6.54. The van der Waals surface area contributed by atoms with E-state index in [0.29, 0.717) is 11.4 Å². The molecule has 3 rings (SSSR count). The van der Waals surface area contributed by atoms with Crippen molar-refractivity contribution in [1.82, 2.24) is 14.8 Å². The highest BCUT2D eigenvalue weighted by Crippen LogP contribution is 2.29. The Morgan fingerprint density at radius 1 is 1.07 bits per heavy atom. The zero-order chi connectivity index (χ0) is 21.7. The van der Waals surface area contributed by atoms with Crippen LogP contribution in [0, 0.1) is 0 Å². The van der Waals surface area contributed by atoms with Gasteiger partial charge in [-0.15, -0.1) is 0 Å². The van der Waals surface area contributed by atoms with Gasteiger partial charge in [0.2, 0.25) is 11.8 Å². The number of aromatic nitrogens is 3. The molecule has 0 aliphatic carbocycles.